The molecule has 16 heavy (non-hydrogen) atoms. The van der Waals surface area contributed by atoms with Crippen molar-refractivity contribution in [1.29, 1.82) is 5.26 Å². The van der Waals surface area contributed by atoms with Crippen molar-refractivity contribution in [1.82, 2.24) is 4.57 Å². The van der Waals surface area contributed by atoms with Gasteiger partial charge in [0.2, 0.25) is 0 Å². The molecule has 0 aliphatic heterocycles. The molecule has 1 heterocycles. The smallest absolute Gasteiger partial charge is 0.125 e. The van der Waals surface area contributed by atoms with Crippen LogP contribution in [0.2, 0.25) is 0 Å². The summed E-state index contributed by atoms with van der Waals surface area (Å²) in [4.78, 5) is 0. The number of nitrogens with zero attached hydrogens (tertiary/aromatic N) is 2. The third kappa shape index (κ3) is 1.31. The minimum atomic E-state index is 0.407. The van der Waals surface area contributed by atoms with E-state index in [4.69, 9.17) is 11.0 Å². The Morgan fingerprint density at radius 2 is 2.06 bits per heavy atom. The van der Waals surface area contributed by atoms with Crippen LogP contribution < -0.4 is 5.73 Å². The zero-order valence-electron chi connectivity index (χ0n) is 9.83. The van der Waals surface area contributed by atoms with Crippen LogP contribution in [-0.4, -0.2) is 4.57 Å². The van der Waals surface area contributed by atoms with Gasteiger partial charge in [0, 0.05) is 30.1 Å². The molecule has 3 heteroatoms. The summed E-state index contributed by atoms with van der Waals surface area (Å²) in [5.41, 5.74) is 10.9. The molecule has 2 rings (SSSR count). The Morgan fingerprint density at radius 1 is 1.38 bits per heavy atom. The highest BCUT2D eigenvalue weighted by Crippen LogP contribution is 2.28. The van der Waals surface area contributed by atoms with Crippen LogP contribution >= 0.6 is 0 Å². The van der Waals surface area contributed by atoms with Crippen LogP contribution in [0.5, 0.6) is 0 Å². The van der Waals surface area contributed by atoms with Crippen LogP contribution in [-0.2, 0) is 13.6 Å². The topological polar surface area (TPSA) is 54.7 Å². The van der Waals surface area contributed by atoms with Gasteiger partial charge in [-0.2, -0.15) is 5.26 Å². The second kappa shape index (κ2) is 3.66. The van der Waals surface area contributed by atoms with Gasteiger partial charge in [-0.05, 0) is 31.0 Å². The molecule has 0 radical (unpaired) electrons. The van der Waals surface area contributed by atoms with Crippen LogP contribution in [0.1, 0.15) is 22.4 Å². The fourth-order valence-electron chi connectivity index (χ4n) is 2.38. The Labute approximate surface area is 95.1 Å². The largest absolute Gasteiger partial charge is 0.335 e. The highest BCUT2D eigenvalue weighted by Gasteiger charge is 2.15. The Hall–Kier alpha value is -1.79. The number of aryl methyl sites for hydroxylation is 3. The number of nitrogens with two attached hydrogens (primary N) is 1. The summed E-state index contributed by atoms with van der Waals surface area (Å²) >= 11 is 0. The minimum Gasteiger partial charge on any atom is -0.335 e. The van der Waals surface area contributed by atoms with Gasteiger partial charge in [-0.25, -0.2) is 0 Å². The molecule has 0 aliphatic carbocycles. The van der Waals surface area contributed by atoms with Gasteiger partial charge in [-0.1, -0.05) is 6.07 Å². The Kier molecular flexibility index (Phi) is 2.45. The quantitative estimate of drug-likeness (QED) is 0.789. The maximum Gasteiger partial charge on any atom is 0.125 e. The molecule has 2 N–H and O–H groups in total. The van der Waals surface area contributed by atoms with Gasteiger partial charge in [0.05, 0.1) is 0 Å². The number of aromatic nitrogens is 1. The molecule has 2 aromatic rings. The highest BCUT2D eigenvalue weighted by molar-refractivity contribution is 5.90. The number of benzene rings is 1. The lowest BCUT2D eigenvalue weighted by atomic mass is 10.0. The Balaban J connectivity index is 3.01. The van der Waals surface area contributed by atoms with Crippen molar-refractivity contribution in [2.45, 2.75) is 20.4 Å². The summed E-state index contributed by atoms with van der Waals surface area (Å²) in [5, 5.41) is 10.3. The molecule has 0 atom stereocenters. The molecule has 0 fully saturated rings. The second-order valence-corrected chi connectivity index (χ2v) is 4.18. The molecule has 0 amide bonds. The van der Waals surface area contributed by atoms with Crippen LogP contribution in [0.4, 0.5) is 0 Å². The fourth-order valence-corrected chi connectivity index (χ4v) is 2.38. The van der Waals surface area contributed by atoms with Gasteiger partial charge in [0.1, 0.15) is 11.8 Å². The Bertz CT molecular complexity index is 600. The van der Waals surface area contributed by atoms with Crippen molar-refractivity contribution in [3.05, 3.63) is 34.5 Å². The predicted octanol–water partition coefficient (Wildman–Crippen LogP) is 2.13. The fraction of sp³-hybridized carbons (Fsp3) is 0.308. The van der Waals surface area contributed by atoms with Gasteiger partial charge in [0.25, 0.3) is 0 Å². The molecule has 0 unspecified atom stereocenters. The number of hydrogen-bond acceptors (Lipinski definition) is 2. The first-order valence-electron chi connectivity index (χ1n) is 5.28. The van der Waals surface area contributed by atoms with Crippen molar-refractivity contribution >= 4 is 10.9 Å². The standard InChI is InChI=1S/C13H15N3/c1-8-4-9(2)13-10(6-14)12(7-15)16(3)11(13)5-8/h4-5H,6,14H2,1-3H3. The molecule has 0 bridgehead atoms. The van der Waals surface area contributed by atoms with Gasteiger partial charge in [-0.15, -0.1) is 0 Å². The van der Waals surface area contributed by atoms with Crippen molar-refractivity contribution in [2.75, 3.05) is 0 Å². The summed E-state index contributed by atoms with van der Waals surface area (Å²) in [6.07, 6.45) is 0. The lowest BCUT2D eigenvalue weighted by molar-refractivity contribution is 0.924. The van der Waals surface area contributed by atoms with Gasteiger partial charge >= 0.3 is 0 Å². The average molecular weight is 213 g/mol. The first-order valence-corrected chi connectivity index (χ1v) is 5.28. The first-order chi connectivity index (χ1) is 7.60. The maximum absolute atomic E-state index is 9.17. The van der Waals surface area contributed by atoms with E-state index in [-0.39, 0.29) is 0 Å². The summed E-state index contributed by atoms with van der Waals surface area (Å²) in [6, 6.07) is 6.46. The van der Waals surface area contributed by atoms with E-state index in [2.05, 4.69) is 32.0 Å². The Morgan fingerprint density at radius 3 is 2.62 bits per heavy atom. The SMILES string of the molecule is Cc1cc(C)c2c(CN)c(C#N)n(C)c2c1. The number of nitriles is 1. The van der Waals surface area contributed by atoms with Crippen LogP contribution in [0, 0.1) is 25.2 Å². The van der Waals surface area contributed by atoms with Crippen LogP contribution in [0.25, 0.3) is 10.9 Å². The molecule has 0 spiro atoms. The lowest BCUT2D eigenvalue weighted by Gasteiger charge is -2.02. The summed E-state index contributed by atoms with van der Waals surface area (Å²) in [7, 11) is 1.92. The minimum absolute atomic E-state index is 0.407. The maximum atomic E-state index is 9.17. The molecule has 0 aliphatic rings. The van der Waals surface area contributed by atoms with Crippen molar-refractivity contribution in [3.8, 4) is 6.07 Å². The van der Waals surface area contributed by atoms with Crippen molar-refractivity contribution in [3.63, 3.8) is 0 Å². The number of rotatable bonds is 1. The normalized spacial score (nSPS) is 10.7. The van der Waals surface area contributed by atoms with E-state index >= 15 is 0 Å². The first kappa shape index (κ1) is 10.7. The van der Waals surface area contributed by atoms with Gasteiger partial charge in [-0.3, -0.25) is 0 Å². The molecule has 1 aromatic heterocycles. The van der Waals surface area contributed by atoms with E-state index in [1.807, 2.05) is 11.6 Å². The zero-order valence-corrected chi connectivity index (χ0v) is 9.83. The molecule has 82 valence electrons. The third-order valence-electron chi connectivity index (χ3n) is 3.05. The van der Waals surface area contributed by atoms with E-state index in [0.717, 1.165) is 16.5 Å². The van der Waals surface area contributed by atoms with E-state index in [0.29, 0.717) is 12.2 Å². The van der Waals surface area contributed by atoms with Crippen molar-refractivity contribution in [2.24, 2.45) is 12.8 Å². The number of hydrogen-bond donors (Lipinski definition) is 1. The molecule has 0 saturated carbocycles. The second-order valence-electron chi connectivity index (χ2n) is 4.18. The summed E-state index contributed by atoms with van der Waals surface area (Å²) < 4.78 is 1.93. The monoisotopic (exact) mass is 213 g/mol. The highest BCUT2D eigenvalue weighted by atomic mass is 15.0. The van der Waals surface area contributed by atoms with E-state index in [9.17, 15) is 0 Å². The molecule has 1 aromatic carbocycles. The molecule has 3 nitrogen and oxygen atoms in total. The van der Waals surface area contributed by atoms with Crippen molar-refractivity contribution < 1.29 is 0 Å². The molecular weight excluding hydrogens is 198 g/mol. The summed E-state index contributed by atoms with van der Waals surface area (Å²) in [5.74, 6) is 0. The number of fused-ring (bicyclic) bond motifs is 1. The summed E-state index contributed by atoms with van der Waals surface area (Å²) in [6.45, 7) is 4.54. The van der Waals surface area contributed by atoms with E-state index in [1.54, 1.807) is 0 Å². The van der Waals surface area contributed by atoms with Gasteiger partial charge < -0.3 is 10.3 Å². The lowest BCUT2D eigenvalue weighted by Crippen LogP contribution is -2.00. The van der Waals surface area contributed by atoms with Crippen LogP contribution in [0.15, 0.2) is 12.1 Å². The average Bonchev–Trinajstić information content (AvgIpc) is 2.51. The molecule has 0 saturated heterocycles. The third-order valence-corrected chi connectivity index (χ3v) is 3.05. The predicted molar refractivity (Wildman–Crippen MR) is 65.0 cm³/mol. The van der Waals surface area contributed by atoms with E-state index < -0.39 is 0 Å². The van der Waals surface area contributed by atoms with E-state index in [1.165, 1.54) is 11.1 Å². The molecular formula is C13H15N3. The zero-order chi connectivity index (χ0) is 11.9. The van der Waals surface area contributed by atoms with Crippen LogP contribution in [0.3, 0.4) is 0 Å². The van der Waals surface area contributed by atoms with Gasteiger partial charge in [0.15, 0.2) is 0 Å².